The second-order valence-electron chi connectivity index (χ2n) is 3.42. The summed E-state index contributed by atoms with van der Waals surface area (Å²) in [6, 6.07) is 6.27. The summed E-state index contributed by atoms with van der Waals surface area (Å²) in [4.78, 5) is 0. The fourth-order valence-corrected chi connectivity index (χ4v) is 1.13. The molecule has 0 aliphatic carbocycles. The maximum atomic E-state index is 11.9. The number of oxime groups is 1. The van der Waals surface area contributed by atoms with Gasteiger partial charge in [-0.05, 0) is 36.8 Å². The molecule has 94 valence electrons. The minimum atomic E-state index is -4.21. The SMILES string of the molecule is CC(=NO)c1ccc(OCCC(F)(F)F)cc1. The molecule has 0 heterocycles. The topological polar surface area (TPSA) is 41.8 Å². The normalized spacial score (nSPS) is 12.6. The van der Waals surface area contributed by atoms with Crippen LogP contribution in [-0.2, 0) is 0 Å². The summed E-state index contributed by atoms with van der Waals surface area (Å²) in [5, 5.41) is 11.5. The highest BCUT2D eigenvalue weighted by molar-refractivity contribution is 5.98. The third-order valence-electron chi connectivity index (χ3n) is 2.08. The van der Waals surface area contributed by atoms with Gasteiger partial charge in [-0.2, -0.15) is 13.2 Å². The maximum absolute atomic E-state index is 11.9. The van der Waals surface area contributed by atoms with Crippen molar-refractivity contribution in [3.05, 3.63) is 29.8 Å². The number of alkyl halides is 3. The Morgan fingerprint density at radius 1 is 1.29 bits per heavy atom. The van der Waals surface area contributed by atoms with Crippen molar-refractivity contribution in [3.8, 4) is 5.75 Å². The van der Waals surface area contributed by atoms with E-state index in [1.165, 1.54) is 12.1 Å². The highest BCUT2D eigenvalue weighted by Gasteiger charge is 2.26. The van der Waals surface area contributed by atoms with Gasteiger partial charge in [0.1, 0.15) is 5.75 Å². The Balaban J connectivity index is 2.52. The minimum Gasteiger partial charge on any atom is -0.493 e. The largest absolute Gasteiger partial charge is 0.493 e. The third kappa shape index (κ3) is 4.76. The Hall–Kier alpha value is -1.72. The van der Waals surface area contributed by atoms with Crippen LogP contribution in [0.4, 0.5) is 13.2 Å². The fourth-order valence-electron chi connectivity index (χ4n) is 1.13. The molecule has 1 aromatic rings. The van der Waals surface area contributed by atoms with Crippen molar-refractivity contribution in [1.29, 1.82) is 0 Å². The van der Waals surface area contributed by atoms with Gasteiger partial charge in [-0.1, -0.05) is 5.16 Å². The number of nitrogens with zero attached hydrogens (tertiary/aromatic N) is 1. The van der Waals surface area contributed by atoms with Gasteiger partial charge < -0.3 is 9.94 Å². The van der Waals surface area contributed by atoms with E-state index in [1.54, 1.807) is 19.1 Å². The smallest absolute Gasteiger partial charge is 0.392 e. The molecular weight excluding hydrogens is 235 g/mol. The van der Waals surface area contributed by atoms with Gasteiger partial charge in [0, 0.05) is 0 Å². The van der Waals surface area contributed by atoms with Crippen molar-refractivity contribution in [2.75, 3.05) is 6.61 Å². The van der Waals surface area contributed by atoms with E-state index >= 15 is 0 Å². The van der Waals surface area contributed by atoms with Crippen LogP contribution in [0.15, 0.2) is 29.4 Å². The molecule has 3 nitrogen and oxygen atoms in total. The van der Waals surface area contributed by atoms with Gasteiger partial charge in [-0.3, -0.25) is 0 Å². The first-order chi connectivity index (χ1) is 7.92. The molecule has 0 spiro atoms. The van der Waals surface area contributed by atoms with E-state index in [2.05, 4.69) is 5.16 Å². The van der Waals surface area contributed by atoms with Gasteiger partial charge in [-0.15, -0.1) is 0 Å². The molecule has 17 heavy (non-hydrogen) atoms. The Kier molecular flexibility index (Phi) is 4.37. The van der Waals surface area contributed by atoms with E-state index in [0.717, 1.165) is 0 Å². The van der Waals surface area contributed by atoms with E-state index in [9.17, 15) is 13.2 Å². The molecule has 1 rings (SSSR count). The van der Waals surface area contributed by atoms with Crippen LogP contribution in [0, 0.1) is 0 Å². The van der Waals surface area contributed by atoms with Crippen molar-refractivity contribution >= 4 is 5.71 Å². The minimum absolute atomic E-state index is 0.351. The quantitative estimate of drug-likeness (QED) is 0.504. The molecule has 1 N–H and O–H groups in total. The standard InChI is InChI=1S/C11H12F3NO2/c1-8(15-16)9-2-4-10(5-3-9)17-7-6-11(12,13)14/h2-5,16H,6-7H2,1H3. The van der Waals surface area contributed by atoms with E-state index in [1.807, 2.05) is 0 Å². The second kappa shape index (κ2) is 5.56. The van der Waals surface area contributed by atoms with Gasteiger partial charge in [0.2, 0.25) is 0 Å². The van der Waals surface area contributed by atoms with E-state index in [0.29, 0.717) is 17.0 Å². The zero-order valence-corrected chi connectivity index (χ0v) is 9.16. The molecule has 0 saturated carbocycles. The number of hydrogen-bond donors (Lipinski definition) is 1. The van der Waals surface area contributed by atoms with Crippen molar-refractivity contribution in [2.24, 2.45) is 5.16 Å². The van der Waals surface area contributed by atoms with Gasteiger partial charge in [0.25, 0.3) is 0 Å². The van der Waals surface area contributed by atoms with Crippen molar-refractivity contribution in [2.45, 2.75) is 19.5 Å². The van der Waals surface area contributed by atoms with Crippen LogP contribution < -0.4 is 4.74 Å². The molecule has 0 amide bonds. The lowest BCUT2D eigenvalue weighted by molar-refractivity contribution is -0.139. The molecule has 0 aromatic heterocycles. The molecule has 1 aromatic carbocycles. The first-order valence-electron chi connectivity index (χ1n) is 4.91. The van der Waals surface area contributed by atoms with Gasteiger partial charge in [0.05, 0.1) is 18.7 Å². The number of ether oxygens (including phenoxy) is 1. The summed E-state index contributed by atoms with van der Waals surface area (Å²) >= 11 is 0. The molecule has 0 atom stereocenters. The van der Waals surface area contributed by atoms with Crippen molar-refractivity contribution in [1.82, 2.24) is 0 Å². The zero-order chi connectivity index (χ0) is 12.9. The Labute approximate surface area is 96.5 Å². The number of halogens is 3. The molecule has 0 unspecified atom stereocenters. The summed E-state index contributed by atoms with van der Waals surface area (Å²) in [7, 11) is 0. The molecule has 0 fully saturated rings. The third-order valence-corrected chi connectivity index (χ3v) is 2.08. The van der Waals surface area contributed by atoms with E-state index in [4.69, 9.17) is 9.94 Å². The molecule has 0 aliphatic heterocycles. The van der Waals surface area contributed by atoms with Crippen molar-refractivity contribution < 1.29 is 23.1 Å². The number of benzene rings is 1. The van der Waals surface area contributed by atoms with Gasteiger partial charge in [0.15, 0.2) is 0 Å². The maximum Gasteiger partial charge on any atom is 0.392 e. The van der Waals surface area contributed by atoms with Gasteiger partial charge in [-0.25, -0.2) is 0 Å². The molecule has 0 bridgehead atoms. The first-order valence-corrected chi connectivity index (χ1v) is 4.91. The predicted molar refractivity (Wildman–Crippen MR) is 56.6 cm³/mol. The van der Waals surface area contributed by atoms with Crippen LogP contribution in [0.25, 0.3) is 0 Å². The molecule has 0 saturated heterocycles. The zero-order valence-electron chi connectivity index (χ0n) is 9.16. The van der Waals surface area contributed by atoms with Crippen LogP contribution >= 0.6 is 0 Å². The fraction of sp³-hybridized carbons (Fsp3) is 0.364. The Bertz CT molecular complexity index is 385. The average molecular weight is 247 g/mol. The van der Waals surface area contributed by atoms with Gasteiger partial charge >= 0.3 is 6.18 Å². The highest BCUT2D eigenvalue weighted by atomic mass is 19.4. The molecule has 6 heteroatoms. The number of hydrogen-bond acceptors (Lipinski definition) is 3. The molecular formula is C11H12F3NO2. The highest BCUT2D eigenvalue weighted by Crippen LogP contribution is 2.20. The molecule has 0 aliphatic rings. The summed E-state index contributed by atoms with van der Waals surface area (Å²) < 4.78 is 40.5. The summed E-state index contributed by atoms with van der Waals surface area (Å²) in [6.45, 7) is 1.20. The Morgan fingerprint density at radius 3 is 2.35 bits per heavy atom. The Morgan fingerprint density at radius 2 is 1.88 bits per heavy atom. The summed E-state index contributed by atoms with van der Waals surface area (Å²) in [6.07, 6.45) is -5.19. The lowest BCUT2D eigenvalue weighted by atomic mass is 10.1. The van der Waals surface area contributed by atoms with Crippen LogP contribution in [0.3, 0.4) is 0 Å². The lowest BCUT2D eigenvalue weighted by Crippen LogP contribution is -2.13. The monoisotopic (exact) mass is 247 g/mol. The first kappa shape index (κ1) is 13.3. The van der Waals surface area contributed by atoms with Crippen LogP contribution in [0.2, 0.25) is 0 Å². The van der Waals surface area contributed by atoms with E-state index < -0.39 is 19.2 Å². The lowest BCUT2D eigenvalue weighted by Gasteiger charge is -2.08. The predicted octanol–water partition coefficient (Wildman–Crippen LogP) is 3.22. The second-order valence-corrected chi connectivity index (χ2v) is 3.42. The average Bonchev–Trinajstić information content (AvgIpc) is 2.27. The molecule has 0 radical (unpaired) electrons. The van der Waals surface area contributed by atoms with E-state index in [-0.39, 0.29) is 0 Å². The summed E-state index contributed by atoms with van der Waals surface area (Å²) in [5.41, 5.74) is 1.10. The number of rotatable bonds is 4. The van der Waals surface area contributed by atoms with Crippen LogP contribution in [-0.4, -0.2) is 23.7 Å². The summed E-state index contributed by atoms with van der Waals surface area (Å²) in [5.74, 6) is 0.351. The van der Waals surface area contributed by atoms with Crippen LogP contribution in [0.1, 0.15) is 18.9 Å². The van der Waals surface area contributed by atoms with Crippen molar-refractivity contribution in [3.63, 3.8) is 0 Å². The van der Waals surface area contributed by atoms with Crippen LogP contribution in [0.5, 0.6) is 5.75 Å².